The maximum atomic E-state index is 11.2. The van der Waals surface area contributed by atoms with E-state index in [4.69, 9.17) is 4.74 Å². The second-order valence-corrected chi connectivity index (χ2v) is 8.04. The molecular formula is C18H25NO3. The molecule has 22 heavy (non-hydrogen) atoms. The van der Waals surface area contributed by atoms with Crippen LogP contribution in [0.3, 0.4) is 0 Å². The highest BCUT2D eigenvalue weighted by Gasteiger charge is 2.49. The van der Waals surface area contributed by atoms with Gasteiger partial charge < -0.3 is 9.84 Å². The first-order chi connectivity index (χ1) is 10.3. The molecule has 2 fully saturated rings. The molecule has 1 saturated heterocycles. The van der Waals surface area contributed by atoms with Crippen LogP contribution in [0.2, 0.25) is 0 Å². The number of carboxylic acids is 1. The van der Waals surface area contributed by atoms with Gasteiger partial charge in [-0.05, 0) is 42.2 Å². The van der Waals surface area contributed by atoms with E-state index in [1.165, 1.54) is 19.3 Å². The predicted molar refractivity (Wildman–Crippen MR) is 85.1 cm³/mol. The van der Waals surface area contributed by atoms with E-state index in [-0.39, 0.29) is 5.56 Å². The lowest BCUT2D eigenvalue weighted by Gasteiger charge is -2.39. The van der Waals surface area contributed by atoms with Crippen LogP contribution in [-0.2, 0) is 0 Å². The number of nitrogens with zero attached hydrogens (tertiary/aromatic N) is 1. The van der Waals surface area contributed by atoms with Crippen molar-refractivity contribution in [1.82, 2.24) is 4.90 Å². The van der Waals surface area contributed by atoms with E-state index in [1.54, 1.807) is 18.2 Å². The molecule has 2 aliphatic rings. The number of carbonyl (C=O) groups is 1. The number of rotatable bonds is 4. The number of hydrogen-bond donors (Lipinski definition) is 1. The number of likely N-dealkylation sites (tertiary alicyclic amines) is 1. The van der Waals surface area contributed by atoms with Gasteiger partial charge in [-0.3, -0.25) is 4.90 Å². The molecule has 0 radical (unpaired) electrons. The van der Waals surface area contributed by atoms with Crippen molar-refractivity contribution >= 4 is 5.97 Å². The minimum absolute atomic E-state index is 0.233. The highest BCUT2D eigenvalue weighted by Crippen LogP contribution is 2.52. The van der Waals surface area contributed by atoms with Gasteiger partial charge in [0.15, 0.2) is 0 Å². The third-order valence-electron chi connectivity index (χ3n) is 5.03. The zero-order valence-corrected chi connectivity index (χ0v) is 13.6. The number of hydrogen-bond acceptors (Lipinski definition) is 3. The van der Waals surface area contributed by atoms with Gasteiger partial charge in [-0.2, -0.15) is 0 Å². The van der Waals surface area contributed by atoms with E-state index in [0.29, 0.717) is 29.4 Å². The molecule has 1 aliphatic carbocycles. The maximum Gasteiger partial charge on any atom is 0.339 e. The fourth-order valence-corrected chi connectivity index (χ4v) is 4.65. The fraction of sp³-hybridized carbons (Fsp3) is 0.611. The van der Waals surface area contributed by atoms with Gasteiger partial charge in [0.05, 0.1) is 0 Å². The van der Waals surface area contributed by atoms with Gasteiger partial charge in [0.25, 0.3) is 0 Å². The molecule has 1 heterocycles. The quantitative estimate of drug-likeness (QED) is 0.923. The third kappa shape index (κ3) is 2.98. The van der Waals surface area contributed by atoms with Gasteiger partial charge in [-0.1, -0.05) is 32.9 Å². The van der Waals surface area contributed by atoms with Gasteiger partial charge in [0.1, 0.15) is 18.0 Å². The summed E-state index contributed by atoms with van der Waals surface area (Å²) in [5.74, 6) is -0.482. The number of para-hydroxylation sites is 1. The Morgan fingerprint density at radius 3 is 2.77 bits per heavy atom. The Morgan fingerprint density at radius 2 is 2.05 bits per heavy atom. The number of carboxylic acid groups (broad SMARTS) is 1. The lowest BCUT2D eigenvalue weighted by atomic mass is 9.65. The van der Waals surface area contributed by atoms with Crippen molar-refractivity contribution in [3.8, 4) is 5.75 Å². The average molecular weight is 303 g/mol. The Kier molecular flexibility index (Phi) is 3.68. The van der Waals surface area contributed by atoms with E-state index in [1.807, 2.05) is 6.07 Å². The van der Waals surface area contributed by atoms with E-state index >= 15 is 0 Å². The van der Waals surface area contributed by atoms with Crippen LogP contribution in [0.4, 0.5) is 0 Å². The number of aromatic carboxylic acids is 1. The molecule has 0 spiro atoms. The maximum absolute atomic E-state index is 11.2. The van der Waals surface area contributed by atoms with E-state index < -0.39 is 5.97 Å². The third-order valence-corrected chi connectivity index (χ3v) is 5.03. The summed E-state index contributed by atoms with van der Waals surface area (Å²) in [6.45, 7) is 8.58. The van der Waals surface area contributed by atoms with E-state index in [9.17, 15) is 9.90 Å². The van der Waals surface area contributed by atoms with Crippen LogP contribution < -0.4 is 4.74 Å². The van der Waals surface area contributed by atoms with E-state index in [0.717, 1.165) is 6.54 Å². The largest absolute Gasteiger partial charge is 0.478 e. The fourth-order valence-electron chi connectivity index (χ4n) is 4.65. The molecule has 120 valence electrons. The second-order valence-electron chi connectivity index (χ2n) is 8.04. The van der Waals surface area contributed by atoms with Gasteiger partial charge >= 0.3 is 5.97 Å². The highest BCUT2D eigenvalue weighted by atomic mass is 16.5. The van der Waals surface area contributed by atoms with Crippen LogP contribution in [0.5, 0.6) is 5.75 Å². The molecule has 4 nitrogen and oxygen atoms in total. The normalized spacial score (nSPS) is 30.2. The molecule has 2 unspecified atom stereocenters. The molecule has 1 saturated carbocycles. The number of fused-ring (bicyclic) bond motifs is 2. The molecule has 2 bridgehead atoms. The summed E-state index contributed by atoms with van der Waals surface area (Å²) in [6.07, 6.45) is 3.66. The first kappa shape index (κ1) is 15.3. The summed E-state index contributed by atoms with van der Waals surface area (Å²) in [6, 6.07) is 7.41. The Morgan fingerprint density at radius 1 is 1.32 bits per heavy atom. The molecule has 1 aliphatic heterocycles. The van der Waals surface area contributed by atoms with Crippen LogP contribution in [0, 0.1) is 10.8 Å². The first-order valence-electron chi connectivity index (χ1n) is 7.97. The summed E-state index contributed by atoms with van der Waals surface area (Å²) < 4.78 is 5.85. The van der Waals surface area contributed by atoms with Crippen LogP contribution in [-0.4, -0.2) is 35.3 Å². The first-order valence-corrected chi connectivity index (χ1v) is 7.97. The van der Waals surface area contributed by atoms with Gasteiger partial charge in [-0.15, -0.1) is 0 Å². The number of ether oxygens (including phenoxy) is 1. The minimum Gasteiger partial charge on any atom is -0.478 e. The summed E-state index contributed by atoms with van der Waals surface area (Å²) in [5, 5.41) is 9.22. The Hall–Kier alpha value is -1.55. The standard InChI is InChI=1S/C18H25NO3/c1-17(2)8-13-9-18(3,10-17)11-19(13)12-22-15-7-5-4-6-14(15)16(20)21/h4-7,13H,8-12H2,1-3H3,(H,20,21). The van der Waals surface area contributed by atoms with Crippen LogP contribution >= 0.6 is 0 Å². The molecule has 3 rings (SSSR count). The van der Waals surface area contributed by atoms with Crippen molar-refractivity contribution in [1.29, 1.82) is 0 Å². The lowest BCUT2D eigenvalue weighted by molar-refractivity contribution is 0.0678. The topological polar surface area (TPSA) is 49.8 Å². The van der Waals surface area contributed by atoms with Gasteiger partial charge in [-0.25, -0.2) is 4.79 Å². The minimum atomic E-state index is -0.941. The SMILES string of the molecule is CC1(C)CC2CC(C)(CN2COc2ccccc2C(=O)O)C1. The van der Waals surface area contributed by atoms with Crippen LogP contribution in [0.1, 0.15) is 50.4 Å². The van der Waals surface area contributed by atoms with E-state index in [2.05, 4.69) is 25.7 Å². The van der Waals surface area contributed by atoms with Gasteiger partial charge in [0.2, 0.25) is 0 Å². The van der Waals surface area contributed by atoms with Crippen molar-refractivity contribution in [2.45, 2.75) is 46.1 Å². The second kappa shape index (κ2) is 5.27. The Labute approximate surface area is 132 Å². The highest BCUT2D eigenvalue weighted by molar-refractivity contribution is 5.90. The number of benzene rings is 1. The Bertz CT molecular complexity index is 583. The summed E-state index contributed by atoms with van der Waals surface area (Å²) in [5.41, 5.74) is 0.976. The molecule has 1 N–H and O–H groups in total. The van der Waals surface area contributed by atoms with Crippen molar-refractivity contribution in [3.63, 3.8) is 0 Å². The zero-order chi connectivity index (χ0) is 16.0. The van der Waals surface area contributed by atoms with Crippen molar-refractivity contribution < 1.29 is 14.6 Å². The van der Waals surface area contributed by atoms with Crippen molar-refractivity contribution in [3.05, 3.63) is 29.8 Å². The van der Waals surface area contributed by atoms with Crippen molar-refractivity contribution in [2.24, 2.45) is 10.8 Å². The van der Waals surface area contributed by atoms with Crippen LogP contribution in [0.25, 0.3) is 0 Å². The van der Waals surface area contributed by atoms with Crippen molar-refractivity contribution in [2.75, 3.05) is 13.3 Å². The predicted octanol–water partition coefficient (Wildman–Crippen LogP) is 3.62. The summed E-state index contributed by atoms with van der Waals surface area (Å²) >= 11 is 0. The van der Waals surface area contributed by atoms with Gasteiger partial charge in [0, 0.05) is 12.6 Å². The molecule has 0 amide bonds. The summed E-state index contributed by atoms with van der Waals surface area (Å²) in [7, 11) is 0. The molecule has 1 aromatic rings. The molecule has 2 atom stereocenters. The monoisotopic (exact) mass is 303 g/mol. The average Bonchev–Trinajstić information content (AvgIpc) is 2.65. The smallest absolute Gasteiger partial charge is 0.339 e. The molecule has 1 aromatic carbocycles. The summed E-state index contributed by atoms with van der Waals surface area (Å²) in [4.78, 5) is 13.6. The lowest BCUT2D eigenvalue weighted by Crippen LogP contribution is -2.36. The molecule has 4 heteroatoms. The van der Waals surface area contributed by atoms with Crippen LogP contribution in [0.15, 0.2) is 24.3 Å². The zero-order valence-electron chi connectivity index (χ0n) is 13.6. The molecular weight excluding hydrogens is 278 g/mol. The Balaban J connectivity index is 1.70. The molecule has 0 aromatic heterocycles.